The highest BCUT2D eigenvalue weighted by atomic mass is 35.5. The number of amides is 2. The number of hydrogen-bond acceptors (Lipinski definition) is 6. The van der Waals surface area contributed by atoms with Crippen LogP contribution in [0.3, 0.4) is 0 Å². The van der Waals surface area contributed by atoms with Gasteiger partial charge >= 0.3 is 5.97 Å². The Labute approximate surface area is 248 Å². The quantitative estimate of drug-likeness (QED) is 0.143. The van der Waals surface area contributed by atoms with E-state index >= 15 is 0 Å². The molecule has 0 aromatic heterocycles. The Kier molecular flexibility index (Phi) is 7.69. The smallest absolute Gasteiger partial charge is 0.338 e. The van der Waals surface area contributed by atoms with Crippen molar-refractivity contribution in [3.8, 4) is 11.1 Å². The SMILES string of the molecule is O=C(COC(=O)c1ccc(N2C(=O)CC(NCCc3ccc(Cl)cc3)C2=O)cc1)c1ccc2c(c1)Cc1ccccc1-2. The van der Waals surface area contributed by atoms with Crippen LogP contribution in [0, 0.1) is 0 Å². The lowest BCUT2D eigenvalue weighted by Crippen LogP contribution is -2.39. The summed E-state index contributed by atoms with van der Waals surface area (Å²) in [7, 11) is 0. The summed E-state index contributed by atoms with van der Waals surface area (Å²) in [5.41, 5.74) is 6.76. The summed E-state index contributed by atoms with van der Waals surface area (Å²) in [6, 6.07) is 26.6. The fourth-order valence-corrected chi connectivity index (χ4v) is 5.59. The number of Topliss-reactive ketones (excluding diaryl/α,β-unsaturated/α-hetero) is 1. The first kappa shape index (κ1) is 27.6. The molecule has 210 valence electrons. The molecule has 1 heterocycles. The van der Waals surface area contributed by atoms with Gasteiger partial charge in [0, 0.05) is 10.6 Å². The highest BCUT2D eigenvalue weighted by Gasteiger charge is 2.39. The largest absolute Gasteiger partial charge is 0.454 e. The number of benzene rings is 4. The number of ketones is 1. The summed E-state index contributed by atoms with van der Waals surface area (Å²) in [5.74, 6) is -1.61. The van der Waals surface area contributed by atoms with Gasteiger partial charge < -0.3 is 10.1 Å². The van der Waals surface area contributed by atoms with Crippen molar-refractivity contribution in [3.05, 3.63) is 124 Å². The number of nitrogens with one attached hydrogen (secondary N) is 1. The van der Waals surface area contributed by atoms with Crippen molar-refractivity contribution in [1.82, 2.24) is 5.32 Å². The van der Waals surface area contributed by atoms with Gasteiger partial charge in [-0.3, -0.25) is 14.4 Å². The maximum Gasteiger partial charge on any atom is 0.338 e. The van der Waals surface area contributed by atoms with E-state index in [0.717, 1.165) is 28.0 Å². The highest BCUT2D eigenvalue weighted by molar-refractivity contribution is 6.30. The number of esters is 1. The molecule has 1 saturated heterocycles. The van der Waals surface area contributed by atoms with Crippen LogP contribution in [0.1, 0.15) is 43.8 Å². The molecular formula is C34H27ClN2O5. The number of hydrogen-bond donors (Lipinski definition) is 1. The Bertz CT molecular complexity index is 1700. The number of carbonyl (C=O) groups is 4. The maximum absolute atomic E-state index is 13.0. The third-order valence-corrected chi connectivity index (χ3v) is 7.93. The highest BCUT2D eigenvalue weighted by Crippen LogP contribution is 2.36. The van der Waals surface area contributed by atoms with Crippen molar-refractivity contribution in [2.24, 2.45) is 0 Å². The van der Waals surface area contributed by atoms with Crippen molar-refractivity contribution < 1.29 is 23.9 Å². The second-order valence-electron chi connectivity index (χ2n) is 10.4. The van der Waals surface area contributed by atoms with Gasteiger partial charge in [-0.25, -0.2) is 9.69 Å². The number of imide groups is 1. The lowest BCUT2D eigenvalue weighted by Gasteiger charge is -2.16. The van der Waals surface area contributed by atoms with Gasteiger partial charge in [0.15, 0.2) is 12.4 Å². The Balaban J connectivity index is 1.02. The molecule has 7 nitrogen and oxygen atoms in total. The molecule has 1 aliphatic heterocycles. The number of nitrogens with zero attached hydrogens (tertiary/aromatic N) is 1. The average Bonchev–Trinajstić information content (AvgIpc) is 3.52. The molecule has 1 N–H and O–H groups in total. The van der Waals surface area contributed by atoms with E-state index < -0.39 is 18.6 Å². The first-order chi connectivity index (χ1) is 20.4. The number of anilines is 1. The molecule has 8 heteroatoms. The molecule has 6 rings (SSSR count). The zero-order chi connectivity index (χ0) is 29.2. The van der Waals surface area contributed by atoms with Crippen LogP contribution in [0.25, 0.3) is 11.1 Å². The average molecular weight is 579 g/mol. The van der Waals surface area contributed by atoms with E-state index in [9.17, 15) is 19.2 Å². The molecule has 1 atom stereocenters. The molecule has 0 spiro atoms. The lowest BCUT2D eigenvalue weighted by atomic mass is 10.0. The summed E-state index contributed by atoms with van der Waals surface area (Å²) in [6.07, 6.45) is 1.51. The minimum atomic E-state index is -0.663. The molecule has 42 heavy (non-hydrogen) atoms. The van der Waals surface area contributed by atoms with Gasteiger partial charge in [0.1, 0.15) is 0 Å². The Morgan fingerprint density at radius 3 is 2.36 bits per heavy atom. The normalized spacial score (nSPS) is 15.5. The van der Waals surface area contributed by atoms with Crippen LogP contribution in [-0.2, 0) is 27.2 Å². The van der Waals surface area contributed by atoms with Crippen LogP contribution in [0.4, 0.5) is 5.69 Å². The molecule has 4 aromatic rings. The van der Waals surface area contributed by atoms with Crippen molar-refractivity contribution in [2.45, 2.75) is 25.3 Å². The number of halogens is 1. The third kappa shape index (κ3) is 5.62. The first-order valence-corrected chi connectivity index (χ1v) is 14.1. The summed E-state index contributed by atoms with van der Waals surface area (Å²) < 4.78 is 5.28. The van der Waals surface area contributed by atoms with Gasteiger partial charge in [-0.05, 0) is 89.7 Å². The molecular weight excluding hydrogens is 552 g/mol. The van der Waals surface area contributed by atoms with E-state index in [1.807, 2.05) is 48.5 Å². The Morgan fingerprint density at radius 2 is 1.57 bits per heavy atom. The van der Waals surface area contributed by atoms with E-state index in [1.165, 1.54) is 35.4 Å². The van der Waals surface area contributed by atoms with Crippen molar-refractivity contribution in [3.63, 3.8) is 0 Å². The fraction of sp³-hybridized carbons (Fsp3) is 0.176. The van der Waals surface area contributed by atoms with Gasteiger partial charge in [-0.1, -0.05) is 60.1 Å². The second kappa shape index (κ2) is 11.7. The number of fused-ring (bicyclic) bond motifs is 3. The van der Waals surface area contributed by atoms with Crippen LogP contribution >= 0.6 is 11.6 Å². The van der Waals surface area contributed by atoms with Crippen LogP contribution < -0.4 is 10.2 Å². The zero-order valence-corrected chi connectivity index (χ0v) is 23.4. The Morgan fingerprint density at radius 1 is 0.857 bits per heavy atom. The maximum atomic E-state index is 13.0. The van der Waals surface area contributed by atoms with E-state index in [0.29, 0.717) is 29.2 Å². The minimum absolute atomic E-state index is 0.0557. The second-order valence-corrected chi connectivity index (χ2v) is 10.8. The Hall–Kier alpha value is -4.59. The molecule has 1 aliphatic carbocycles. The topological polar surface area (TPSA) is 92.8 Å². The molecule has 2 amide bonds. The lowest BCUT2D eigenvalue weighted by molar-refractivity contribution is -0.121. The van der Waals surface area contributed by atoms with E-state index in [-0.39, 0.29) is 29.6 Å². The van der Waals surface area contributed by atoms with Crippen molar-refractivity contribution in [1.29, 1.82) is 0 Å². The summed E-state index contributed by atoms with van der Waals surface area (Å²) >= 11 is 5.92. The van der Waals surface area contributed by atoms with Crippen molar-refractivity contribution in [2.75, 3.05) is 18.1 Å². The number of rotatable bonds is 9. The molecule has 1 unspecified atom stereocenters. The van der Waals surface area contributed by atoms with Crippen LogP contribution in [0.5, 0.6) is 0 Å². The predicted octanol–water partition coefficient (Wildman–Crippen LogP) is 5.42. The van der Waals surface area contributed by atoms with Crippen LogP contribution in [0.15, 0.2) is 91.0 Å². The monoisotopic (exact) mass is 578 g/mol. The van der Waals surface area contributed by atoms with Crippen LogP contribution in [-0.4, -0.2) is 42.8 Å². The molecule has 0 radical (unpaired) electrons. The van der Waals surface area contributed by atoms with Gasteiger partial charge in [0.2, 0.25) is 5.91 Å². The van der Waals surface area contributed by atoms with Gasteiger partial charge in [0.25, 0.3) is 5.91 Å². The fourth-order valence-electron chi connectivity index (χ4n) is 5.47. The van der Waals surface area contributed by atoms with Gasteiger partial charge in [0.05, 0.1) is 23.7 Å². The van der Waals surface area contributed by atoms with E-state index in [2.05, 4.69) is 17.4 Å². The number of ether oxygens (including phenoxy) is 1. The molecule has 1 fully saturated rings. The zero-order valence-electron chi connectivity index (χ0n) is 22.6. The van der Waals surface area contributed by atoms with Crippen LogP contribution in [0.2, 0.25) is 5.02 Å². The third-order valence-electron chi connectivity index (χ3n) is 7.68. The summed E-state index contributed by atoms with van der Waals surface area (Å²) in [6.45, 7) is 0.139. The molecule has 0 bridgehead atoms. The molecule has 4 aromatic carbocycles. The summed E-state index contributed by atoms with van der Waals surface area (Å²) in [5, 5.41) is 3.82. The van der Waals surface area contributed by atoms with Gasteiger partial charge in [-0.15, -0.1) is 0 Å². The summed E-state index contributed by atoms with van der Waals surface area (Å²) in [4.78, 5) is 52.2. The molecule has 0 saturated carbocycles. The standard InChI is InChI=1S/C34H27ClN2O5/c35-26-10-5-21(6-11-26)15-16-36-30-19-32(39)37(33(30)40)27-12-7-22(8-13-27)34(41)42-20-31(38)24-9-14-29-25(18-24)17-23-3-1-2-4-28(23)29/h1-14,18,30,36H,15-17,19-20H2. The minimum Gasteiger partial charge on any atom is -0.454 e. The number of carbonyl (C=O) groups excluding carboxylic acids is 4. The first-order valence-electron chi connectivity index (χ1n) is 13.7. The van der Waals surface area contributed by atoms with E-state index in [4.69, 9.17) is 16.3 Å². The predicted molar refractivity (Wildman–Crippen MR) is 160 cm³/mol. The van der Waals surface area contributed by atoms with Gasteiger partial charge in [-0.2, -0.15) is 0 Å². The van der Waals surface area contributed by atoms with E-state index in [1.54, 1.807) is 6.07 Å². The molecule has 2 aliphatic rings. The van der Waals surface area contributed by atoms with Crippen molar-refractivity contribution >= 4 is 40.9 Å².